The minimum atomic E-state index is -5.80. The van der Waals surface area contributed by atoms with Gasteiger partial charge in [0.25, 0.3) is 0 Å². The van der Waals surface area contributed by atoms with Crippen molar-refractivity contribution in [3.05, 3.63) is 0 Å². The van der Waals surface area contributed by atoms with Gasteiger partial charge in [0.2, 0.25) is 11.8 Å². The summed E-state index contributed by atoms with van der Waals surface area (Å²) in [7, 11) is 0. The van der Waals surface area contributed by atoms with Crippen molar-refractivity contribution >= 4 is 11.9 Å². The van der Waals surface area contributed by atoms with Crippen molar-refractivity contribution < 1.29 is 41.0 Å². The van der Waals surface area contributed by atoms with E-state index in [1.807, 2.05) is 0 Å². The Kier molecular flexibility index (Phi) is 4.01. The van der Waals surface area contributed by atoms with Crippen LogP contribution in [0.1, 0.15) is 12.8 Å². The summed E-state index contributed by atoms with van der Waals surface area (Å²) in [6.45, 7) is -1.17. The second kappa shape index (κ2) is 4.89. The molecule has 0 bridgehead atoms. The molecule has 0 spiro atoms. The quantitative estimate of drug-likeness (QED) is 0.804. The summed E-state index contributed by atoms with van der Waals surface area (Å²) < 4.78 is 74.0. The summed E-state index contributed by atoms with van der Waals surface area (Å²) in [5.41, 5.74) is 0. The molecule has 1 aliphatic rings. The maximum absolute atomic E-state index is 12.3. The van der Waals surface area contributed by atoms with Crippen LogP contribution < -0.4 is 0 Å². The molecule has 19 heavy (non-hydrogen) atoms. The highest BCUT2D eigenvalue weighted by molar-refractivity contribution is 5.84. The molecule has 1 N–H and O–H groups in total. The van der Waals surface area contributed by atoms with Gasteiger partial charge in [-0.15, -0.1) is 0 Å². The maximum atomic E-state index is 12.3. The predicted octanol–water partition coefficient (Wildman–Crippen LogP) is 1.80. The van der Waals surface area contributed by atoms with Crippen LogP contribution in [0, 0.1) is 5.92 Å². The predicted molar refractivity (Wildman–Crippen MR) is 48.0 cm³/mol. The van der Waals surface area contributed by atoms with Crippen molar-refractivity contribution in [3.63, 3.8) is 0 Å². The van der Waals surface area contributed by atoms with Crippen molar-refractivity contribution in [2.24, 2.45) is 5.92 Å². The fourth-order valence-electron chi connectivity index (χ4n) is 1.55. The molecule has 0 saturated heterocycles. The monoisotopic (exact) mass is 293 g/mol. The first-order valence-corrected chi connectivity index (χ1v) is 5.10. The summed E-state index contributed by atoms with van der Waals surface area (Å²) in [4.78, 5) is 21.9. The minimum absolute atomic E-state index is 0.133. The zero-order valence-electron chi connectivity index (χ0n) is 9.25. The average molecular weight is 293 g/mol. The number of rotatable bonds is 4. The van der Waals surface area contributed by atoms with Crippen LogP contribution in [0.2, 0.25) is 0 Å². The Hall–Kier alpha value is -1.48. The number of hydrogen-bond donors (Lipinski definition) is 1. The first-order valence-electron chi connectivity index (χ1n) is 5.10. The number of hydrogen-bond acceptors (Lipinski definition) is 2. The lowest BCUT2D eigenvalue weighted by Crippen LogP contribution is -2.51. The number of aliphatic carboxylic acids is 1. The fraction of sp³-hybridized carbons (Fsp3) is 0.778. The van der Waals surface area contributed by atoms with Crippen LogP contribution >= 0.6 is 0 Å². The van der Waals surface area contributed by atoms with Crippen LogP contribution in [0.5, 0.6) is 0 Å². The molecular formula is C9H9F6NO3. The van der Waals surface area contributed by atoms with Crippen molar-refractivity contribution in [1.29, 1.82) is 0 Å². The van der Waals surface area contributed by atoms with E-state index < -0.39 is 42.7 Å². The SMILES string of the molecule is O=C(O)CN(C(=O)C(C(F)(F)F)C(F)(F)F)C1CC1. The number of amides is 1. The minimum Gasteiger partial charge on any atom is -0.480 e. The summed E-state index contributed by atoms with van der Waals surface area (Å²) in [6.07, 6.45) is -11.2. The molecule has 1 amide bonds. The Morgan fingerprint density at radius 3 is 1.79 bits per heavy atom. The number of halogens is 6. The third-order valence-corrected chi connectivity index (χ3v) is 2.48. The van der Waals surface area contributed by atoms with E-state index in [4.69, 9.17) is 5.11 Å². The zero-order chi connectivity index (χ0) is 15.0. The molecule has 10 heteroatoms. The second-order valence-electron chi connectivity index (χ2n) is 4.11. The van der Waals surface area contributed by atoms with E-state index >= 15 is 0 Å². The van der Waals surface area contributed by atoms with Gasteiger partial charge < -0.3 is 10.0 Å². The fourth-order valence-corrected chi connectivity index (χ4v) is 1.55. The lowest BCUT2D eigenvalue weighted by molar-refractivity contribution is -0.277. The summed E-state index contributed by atoms with van der Waals surface area (Å²) in [6, 6.07) is -0.865. The second-order valence-corrected chi connectivity index (χ2v) is 4.11. The van der Waals surface area contributed by atoms with Crippen molar-refractivity contribution in [1.82, 2.24) is 4.90 Å². The molecule has 1 rings (SSSR count). The van der Waals surface area contributed by atoms with Gasteiger partial charge in [-0.2, -0.15) is 26.3 Å². The van der Waals surface area contributed by atoms with Gasteiger partial charge in [0.05, 0.1) is 0 Å². The Labute approximate surface area is 103 Å². The van der Waals surface area contributed by atoms with Crippen molar-refractivity contribution in [3.8, 4) is 0 Å². The van der Waals surface area contributed by atoms with Crippen LogP contribution in [0.25, 0.3) is 0 Å². The third-order valence-electron chi connectivity index (χ3n) is 2.48. The molecule has 0 aromatic rings. The van der Waals surface area contributed by atoms with Gasteiger partial charge in [0.15, 0.2) is 0 Å². The Balaban J connectivity index is 3.00. The lowest BCUT2D eigenvalue weighted by atomic mass is 10.1. The topological polar surface area (TPSA) is 57.6 Å². The van der Waals surface area contributed by atoms with E-state index in [0.717, 1.165) is 0 Å². The van der Waals surface area contributed by atoms with Gasteiger partial charge in [-0.05, 0) is 12.8 Å². The third kappa shape index (κ3) is 4.00. The van der Waals surface area contributed by atoms with Gasteiger partial charge in [-0.25, -0.2) is 0 Å². The van der Waals surface area contributed by atoms with Gasteiger partial charge in [0.1, 0.15) is 6.54 Å². The van der Waals surface area contributed by atoms with Gasteiger partial charge in [0, 0.05) is 6.04 Å². The van der Waals surface area contributed by atoms with E-state index in [2.05, 4.69) is 0 Å². The normalized spacial score (nSPS) is 16.6. The van der Waals surface area contributed by atoms with Gasteiger partial charge in [-0.1, -0.05) is 0 Å². The Bertz CT molecular complexity index is 359. The van der Waals surface area contributed by atoms with E-state index in [0.29, 0.717) is 0 Å². The molecule has 4 nitrogen and oxygen atoms in total. The van der Waals surface area contributed by atoms with Crippen LogP contribution in [0.3, 0.4) is 0 Å². The number of carbonyl (C=O) groups excluding carboxylic acids is 1. The van der Waals surface area contributed by atoms with Gasteiger partial charge in [-0.3, -0.25) is 9.59 Å². The van der Waals surface area contributed by atoms with Crippen LogP contribution in [0.4, 0.5) is 26.3 Å². The molecule has 1 aliphatic carbocycles. The Morgan fingerprint density at radius 2 is 1.53 bits per heavy atom. The van der Waals surface area contributed by atoms with E-state index in [9.17, 15) is 35.9 Å². The number of alkyl halides is 6. The van der Waals surface area contributed by atoms with Crippen molar-refractivity contribution in [2.45, 2.75) is 31.2 Å². The molecule has 0 aliphatic heterocycles. The summed E-state index contributed by atoms with van der Waals surface area (Å²) in [5.74, 6) is -8.10. The lowest BCUT2D eigenvalue weighted by Gasteiger charge is -2.28. The highest BCUT2D eigenvalue weighted by atomic mass is 19.4. The average Bonchev–Trinajstić information content (AvgIpc) is 2.91. The van der Waals surface area contributed by atoms with Crippen LogP contribution in [0.15, 0.2) is 0 Å². The highest BCUT2D eigenvalue weighted by Crippen LogP contribution is 2.42. The molecular weight excluding hydrogens is 284 g/mol. The molecule has 0 aromatic carbocycles. The first-order chi connectivity index (χ1) is 8.44. The molecule has 0 radical (unpaired) electrons. The largest absolute Gasteiger partial charge is 0.480 e. The number of nitrogens with zero attached hydrogens (tertiary/aromatic N) is 1. The molecule has 0 atom stereocenters. The molecule has 1 fully saturated rings. The zero-order valence-corrected chi connectivity index (χ0v) is 9.25. The van der Waals surface area contributed by atoms with E-state index in [1.165, 1.54) is 0 Å². The van der Waals surface area contributed by atoms with Crippen LogP contribution in [-0.2, 0) is 9.59 Å². The molecule has 1 saturated carbocycles. The summed E-state index contributed by atoms with van der Waals surface area (Å²) in [5, 5.41) is 8.44. The highest BCUT2D eigenvalue weighted by Gasteiger charge is 2.63. The number of carboxylic acid groups (broad SMARTS) is 1. The molecule has 110 valence electrons. The number of carboxylic acids is 1. The first kappa shape index (κ1) is 15.6. The van der Waals surface area contributed by atoms with Crippen molar-refractivity contribution in [2.75, 3.05) is 6.54 Å². The molecule has 0 unspecified atom stereocenters. The van der Waals surface area contributed by atoms with E-state index in [-0.39, 0.29) is 17.7 Å². The maximum Gasteiger partial charge on any atom is 0.409 e. The number of carbonyl (C=O) groups is 2. The van der Waals surface area contributed by atoms with Crippen LogP contribution in [-0.4, -0.2) is 46.8 Å². The smallest absolute Gasteiger partial charge is 0.409 e. The van der Waals surface area contributed by atoms with Gasteiger partial charge >= 0.3 is 18.3 Å². The standard InChI is InChI=1S/C9H9F6NO3/c10-8(11,12)6(9(13,14)15)7(19)16(3-5(17)18)4-1-2-4/h4,6H,1-3H2,(H,17,18). The molecule has 0 heterocycles. The molecule has 0 aromatic heterocycles. The Morgan fingerprint density at radius 1 is 1.11 bits per heavy atom. The van der Waals surface area contributed by atoms with E-state index in [1.54, 1.807) is 0 Å². The summed E-state index contributed by atoms with van der Waals surface area (Å²) >= 11 is 0.